The van der Waals surface area contributed by atoms with Gasteiger partial charge in [-0.3, -0.25) is 9.59 Å². The summed E-state index contributed by atoms with van der Waals surface area (Å²) in [7, 11) is 3.68. The van der Waals surface area contributed by atoms with E-state index in [0.29, 0.717) is 32.4 Å². The summed E-state index contributed by atoms with van der Waals surface area (Å²) < 4.78 is 0. The highest BCUT2D eigenvalue weighted by atomic mass is 16.2. The van der Waals surface area contributed by atoms with E-state index in [0.717, 1.165) is 12.8 Å². The maximum Gasteiger partial charge on any atom is 0.228 e. The van der Waals surface area contributed by atoms with E-state index in [2.05, 4.69) is 62.4 Å². The zero-order valence-corrected chi connectivity index (χ0v) is 19.4. The summed E-state index contributed by atoms with van der Waals surface area (Å²) in [6.07, 6.45) is 3.86. The molecular formula is C27H36N2O2. The smallest absolute Gasteiger partial charge is 0.228 e. The highest BCUT2D eigenvalue weighted by molar-refractivity contribution is 5.84. The summed E-state index contributed by atoms with van der Waals surface area (Å²) in [5, 5.41) is 0. The van der Waals surface area contributed by atoms with Crippen molar-refractivity contribution in [1.29, 1.82) is 0 Å². The van der Waals surface area contributed by atoms with Crippen LogP contribution in [-0.2, 0) is 16.0 Å². The van der Waals surface area contributed by atoms with Crippen molar-refractivity contribution in [2.24, 2.45) is 11.3 Å². The molecule has 0 unspecified atom stereocenters. The number of hydrogen-bond acceptors (Lipinski definition) is 2. The summed E-state index contributed by atoms with van der Waals surface area (Å²) in [5.41, 5.74) is 3.08. The molecule has 4 nitrogen and oxygen atoms in total. The Hall–Kier alpha value is -2.62. The van der Waals surface area contributed by atoms with Crippen LogP contribution in [0.4, 0.5) is 0 Å². The van der Waals surface area contributed by atoms with Gasteiger partial charge in [-0.25, -0.2) is 0 Å². The molecule has 0 bridgehead atoms. The van der Waals surface area contributed by atoms with Crippen LogP contribution in [0.2, 0.25) is 0 Å². The lowest BCUT2D eigenvalue weighted by Crippen LogP contribution is -2.51. The van der Waals surface area contributed by atoms with Gasteiger partial charge in [-0.15, -0.1) is 0 Å². The minimum Gasteiger partial charge on any atom is -0.348 e. The predicted molar refractivity (Wildman–Crippen MR) is 127 cm³/mol. The van der Waals surface area contributed by atoms with Gasteiger partial charge in [-0.05, 0) is 48.8 Å². The van der Waals surface area contributed by atoms with E-state index in [1.807, 2.05) is 25.1 Å². The molecule has 4 heteroatoms. The van der Waals surface area contributed by atoms with Crippen LogP contribution in [0.25, 0.3) is 11.1 Å². The first kappa shape index (κ1) is 23.1. The topological polar surface area (TPSA) is 40.6 Å². The fourth-order valence-electron chi connectivity index (χ4n) is 4.93. The van der Waals surface area contributed by atoms with Crippen LogP contribution in [0.5, 0.6) is 0 Å². The van der Waals surface area contributed by atoms with Crippen LogP contribution in [0, 0.1) is 11.3 Å². The van der Waals surface area contributed by atoms with Crippen molar-refractivity contribution in [3.63, 3.8) is 0 Å². The summed E-state index contributed by atoms with van der Waals surface area (Å²) in [4.78, 5) is 30.0. The molecule has 1 aliphatic rings. The average Bonchev–Trinajstić information content (AvgIpc) is 2.80. The Morgan fingerprint density at radius 3 is 2.10 bits per heavy atom. The molecule has 0 aromatic heterocycles. The van der Waals surface area contributed by atoms with Crippen molar-refractivity contribution in [1.82, 2.24) is 9.80 Å². The van der Waals surface area contributed by atoms with Gasteiger partial charge in [0.25, 0.3) is 0 Å². The van der Waals surface area contributed by atoms with Crippen LogP contribution in [-0.4, -0.2) is 48.8 Å². The van der Waals surface area contributed by atoms with Crippen LogP contribution in [0.3, 0.4) is 0 Å². The fraction of sp³-hybridized carbons (Fsp3) is 0.481. The van der Waals surface area contributed by atoms with Crippen molar-refractivity contribution < 1.29 is 9.59 Å². The number of rotatable bonds is 7. The number of carbonyl (C=O) groups excluding carboxylic acids is 2. The van der Waals surface area contributed by atoms with Gasteiger partial charge in [0.1, 0.15) is 0 Å². The second kappa shape index (κ2) is 10.1. The normalized spacial score (nSPS) is 15.7. The second-order valence-corrected chi connectivity index (χ2v) is 9.02. The Balaban J connectivity index is 1.88. The standard InChI is InChI=1S/C27H36N2O2/c1-5-21(6-2)25(30)29-18-16-27(17-19-29,26(31)28(3)4)20-23-14-10-11-15-24(23)22-12-8-7-9-13-22/h7-15,21H,5-6,16-20H2,1-4H3. The summed E-state index contributed by atoms with van der Waals surface area (Å²) in [6, 6.07) is 18.8. The lowest BCUT2D eigenvalue weighted by Gasteiger charge is -2.43. The Morgan fingerprint density at radius 2 is 1.52 bits per heavy atom. The highest BCUT2D eigenvalue weighted by Crippen LogP contribution is 2.39. The molecule has 0 N–H and O–H groups in total. The van der Waals surface area contributed by atoms with E-state index < -0.39 is 5.41 Å². The lowest BCUT2D eigenvalue weighted by molar-refractivity contribution is -0.147. The van der Waals surface area contributed by atoms with Gasteiger partial charge in [0.15, 0.2) is 0 Å². The van der Waals surface area contributed by atoms with Crippen LogP contribution < -0.4 is 0 Å². The van der Waals surface area contributed by atoms with Gasteiger partial charge in [0, 0.05) is 33.1 Å². The first-order chi connectivity index (χ1) is 14.9. The molecule has 1 aliphatic heterocycles. The first-order valence-corrected chi connectivity index (χ1v) is 11.6. The monoisotopic (exact) mass is 420 g/mol. The Kier molecular flexibility index (Phi) is 7.53. The zero-order valence-electron chi connectivity index (χ0n) is 19.4. The van der Waals surface area contributed by atoms with Gasteiger partial charge in [0.05, 0.1) is 5.41 Å². The molecule has 2 aromatic carbocycles. The molecule has 0 aliphatic carbocycles. The van der Waals surface area contributed by atoms with Crippen molar-refractivity contribution >= 4 is 11.8 Å². The molecule has 0 atom stereocenters. The van der Waals surface area contributed by atoms with Crippen LogP contribution in [0.15, 0.2) is 54.6 Å². The number of likely N-dealkylation sites (tertiary alicyclic amines) is 1. The molecule has 166 valence electrons. The van der Waals surface area contributed by atoms with Crippen LogP contribution >= 0.6 is 0 Å². The Morgan fingerprint density at radius 1 is 0.935 bits per heavy atom. The molecule has 3 rings (SSSR count). The van der Waals surface area contributed by atoms with Crippen molar-refractivity contribution in [3.05, 3.63) is 60.2 Å². The maximum absolute atomic E-state index is 13.4. The largest absolute Gasteiger partial charge is 0.348 e. The third kappa shape index (κ3) is 5.00. The van der Waals surface area contributed by atoms with E-state index in [9.17, 15) is 9.59 Å². The number of benzene rings is 2. The van der Waals surface area contributed by atoms with E-state index in [1.54, 1.807) is 4.90 Å². The lowest BCUT2D eigenvalue weighted by atomic mass is 9.71. The summed E-state index contributed by atoms with van der Waals surface area (Å²) in [6.45, 7) is 5.47. The SMILES string of the molecule is CCC(CC)C(=O)N1CCC(Cc2ccccc2-c2ccccc2)(C(=O)N(C)C)CC1. The van der Waals surface area contributed by atoms with E-state index in [4.69, 9.17) is 0 Å². The molecule has 1 saturated heterocycles. The van der Waals surface area contributed by atoms with Gasteiger partial charge in [-0.1, -0.05) is 68.4 Å². The molecule has 2 amide bonds. The summed E-state index contributed by atoms with van der Waals surface area (Å²) >= 11 is 0. The average molecular weight is 421 g/mol. The molecule has 0 saturated carbocycles. The first-order valence-electron chi connectivity index (χ1n) is 11.6. The number of amides is 2. The van der Waals surface area contributed by atoms with Crippen molar-refractivity contribution in [3.8, 4) is 11.1 Å². The van der Waals surface area contributed by atoms with Gasteiger partial charge < -0.3 is 9.80 Å². The molecular weight excluding hydrogens is 384 g/mol. The molecule has 2 aromatic rings. The molecule has 1 fully saturated rings. The fourth-order valence-corrected chi connectivity index (χ4v) is 4.93. The third-order valence-corrected chi connectivity index (χ3v) is 6.86. The highest BCUT2D eigenvalue weighted by Gasteiger charge is 2.43. The van der Waals surface area contributed by atoms with Gasteiger partial charge >= 0.3 is 0 Å². The summed E-state index contributed by atoms with van der Waals surface area (Å²) in [5.74, 6) is 0.515. The molecule has 0 spiro atoms. The molecule has 31 heavy (non-hydrogen) atoms. The van der Waals surface area contributed by atoms with Crippen LogP contribution in [0.1, 0.15) is 45.1 Å². The quantitative estimate of drug-likeness (QED) is 0.630. The zero-order chi connectivity index (χ0) is 22.4. The van der Waals surface area contributed by atoms with Gasteiger partial charge in [-0.2, -0.15) is 0 Å². The molecule has 1 heterocycles. The minimum absolute atomic E-state index is 0.0934. The van der Waals surface area contributed by atoms with E-state index in [-0.39, 0.29) is 17.7 Å². The van der Waals surface area contributed by atoms with Crippen molar-refractivity contribution in [2.45, 2.75) is 46.0 Å². The third-order valence-electron chi connectivity index (χ3n) is 6.86. The number of piperidine rings is 1. The predicted octanol–water partition coefficient (Wildman–Crippen LogP) is 5.03. The number of nitrogens with zero attached hydrogens (tertiary/aromatic N) is 2. The second-order valence-electron chi connectivity index (χ2n) is 9.02. The number of carbonyl (C=O) groups is 2. The van der Waals surface area contributed by atoms with Crippen molar-refractivity contribution in [2.75, 3.05) is 27.2 Å². The van der Waals surface area contributed by atoms with E-state index >= 15 is 0 Å². The Labute approximate surface area is 187 Å². The van der Waals surface area contributed by atoms with Gasteiger partial charge in [0.2, 0.25) is 11.8 Å². The Bertz CT molecular complexity index is 879. The number of hydrogen-bond donors (Lipinski definition) is 0. The minimum atomic E-state index is -0.473. The maximum atomic E-state index is 13.4. The molecule has 0 radical (unpaired) electrons. The van der Waals surface area contributed by atoms with E-state index in [1.165, 1.54) is 16.7 Å².